The van der Waals surface area contributed by atoms with Crippen molar-refractivity contribution in [2.24, 2.45) is 17.8 Å². The molecule has 4 aliphatic carbocycles. The molecule has 5 aliphatic rings. The van der Waals surface area contributed by atoms with Gasteiger partial charge < -0.3 is 14.2 Å². The molecule has 33 heavy (non-hydrogen) atoms. The van der Waals surface area contributed by atoms with E-state index < -0.39 is 50.5 Å². The van der Waals surface area contributed by atoms with Crippen LogP contribution in [0.2, 0.25) is 0 Å². The van der Waals surface area contributed by atoms with Crippen LogP contribution in [0, 0.1) is 28.5 Å². The number of carbonyl (C=O) groups is 2. The maximum atomic E-state index is 13.9. The molecule has 1 aromatic carbocycles. The summed E-state index contributed by atoms with van der Waals surface area (Å²) < 4.78 is 78.5. The number of hydrogen-bond donors (Lipinski definition) is 1. The highest BCUT2D eigenvalue weighted by atomic mass is 127. The number of fused-ring (bicyclic) bond motifs is 1. The minimum Gasteiger partial charge on any atom is -0.454 e. The molecule has 14 heteroatoms. The Hall–Kier alpha value is -0.0800. The van der Waals surface area contributed by atoms with Gasteiger partial charge in [0.1, 0.15) is 11.2 Å². The zero-order chi connectivity index (χ0) is 24.1. The number of halogens is 5. The van der Waals surface area contributed by atoms with Crippen molar-refractivity contribution in [3.63, 3.8) is 0 Å². The summed E-state index contributed by atoms with van der Waals surface area (Å²) in [5.74, 6) is -4.56. The van der Waals surface area contributed by atoms with Crippen LogP contribution in [0.4, 0.5) is 8.78 Å². The highest BCUT2D eigenvalue weighted by Crippen LogP contribution is 2.64. The second kappa shape index (κ2) is 7.71. The van der Waals surface area contributed by atoms with Gasteiger partial charge in [-0.25, -0.2) is 9.59 Å². The van der Waals surface area contributed by atoms with Crippen molar-refractivity contribution in [1.29, 1.82) is 0 Å². The smallest absolute Gasteiger partial charge is 0.454 e. The molecule has 0 saturated heterocycles. The number of benzene rings is 1. The van der Waals surface area contributed by atoms with E-state index >= 15 is 0 Å². The predicted octanol–water partition coefficient (Wildman–Crippen LogP) is 4.35. The first-order valence-corrected chi connectivity index (χ1v) is 14.5. The Morgan fingerprint density at radius 3 is 2.30 bits per heavy atom. The first-order chi connectivity index (χ1) is 15.2. The molecule has 0 aromatic heterocycles. The molecular weight excluding hydrogens is 807 g/mol. The van der Waals surface area contributed by atoms with Crippen molar-refractivity contribution < 1.29 is 45.6 Å². The van der Waals surface area contributed by atoms with Crippen LogP contribution >= 0.6 is 67.8 Å². The van der Waals surface area contributed by atoms with Crippen molar-refractivity contribution in [3.05, 3.63) is 22.3 Å². The zero-order valence-electron chi connectivity index (χ0n) is 16.4. The summed E-state index contributed by atoms with van der Waals surface area (Å²) in [4.78, 5) is 25.1. The third-order valence-electron chi connectivity index (χ3n) is 6.99. The Kier molecular flexibility index (Phi) is 5.75. The van der Waals surface area contributed by atoms with E-state index in [1.54, 1.807) is 6.07 Å². The van der Waals surface area contributed by atoms with Crippen molar-refractivity contribution >= 4 is 89.8 Å². The first-order valence-electron chi connectivity index (χ1n) is 9.87. The van der Waals surface area contributed by atoms with Gasteiger partial charge in [0.25, 0.3) is 5.79 Å². The topological polar surface area (TPSA) is 116 Å². The number of carbonyl (C=O) groups excluding carboxylic acids is 2. The molecule has 2 atom stereocenters. The van der Waals surface area contributed by atoms with Crippen LogP contribution in [0.25, 0.3) is 0 Å². The predicted molar refractivity (Wildman–Crippen MR) is 132 cm³/mol. The summed E-state index contributed by atoms with van der Waals surface area (Å²) in [5, 5.41) is -5.06. The van der Waals surface area contributed by atoms with E-state index in [1.807, 2.05) is 0 Å². The first kappa shape index (κ1) is 24.6. The average Bonchev–Trinajstić information content (AvgIpc) is 2.70. The Morgan fingerprint density at radius 1 is 1.12 bits per heavy atom. The molecule has 1 heterocycles. The van der Waals surface area contributed by atoms with Gasteiger partial charge in [-0.2, -0.15) is 17.2 Å². The largest absolute Gasteiger partial charge is 0.465 e. The van der Waals surface area contributed by atoms with E-state index in [4.69, 9.17) is 18.8 Å². The summed E-state index contributed by atoms with van der Waals surface area (Å²) in [5.41, 5.74) is -1.02. The molecule has 1 N–H and O–H groups in total. The van der Waals surface area contributed by atoms with Crippen LogP contribution in [-0.2, 0) is 24.4 Å². The number of esters is 2. The van der Waals surface area contributed by atoms with Gasteiger partial charge in [-0.15, -0.1) is 0 Å². The number of hydrogen-bond acceptors (Lipinski definition) is 7. The highest BCUT2D eigenvalue weighted by molar-refractivity contribution is 14.1. The Labute approximate surface area is 228 Å². The highest BCUT2D eigenvalue weighted by Gasteiger charge is 2.70. The van der Waals surface area contributed by atoms with E-state index in [0.717, 1.165) is 10.7 Å². The second-order valence-corrected chi connectivity index (χ2v) is 13.8. The van der Waals surface area contributed by atoms with E-state index in [2.05, 4.69) is 67.8 Å². The van der Waals surface area contributed by atoms with Crippen LogP contribution in [0.15, 0.2) is 6.07 Å². The van der Waals surface area contributed by atoms with Gasteiger partial charge in [-0.1, -0.05) is 0 Å². The molecule has 8 nitrogen and oxygen atoms in total. The van der Waals surface area contributed by atoms with Crippen LogP contribution in [0.3, 0.4) is 0 Å². The summed E-state index contributed by atoms with van der Waals surface area (Å²) in [6.07, 6.45) is 1.62. The van der Waals surface area contributed by atoms with E-state index in [0.29, 0.717) is 30.6 Å². The lowest BCUT2D eigenvalue weighted by Gasteiger charge is -2.63. The molecule has 4 saturated carbocycles. The van der Waals surface area contributed by atoms with Gasteiger partial charge in [0.2, 0.25) is 0 Å². The fraction of sp³-hybridized carbons (Fsp3) is 0.579. The molecule has 1 aliphatic heterocycles. The fourth-order valence-corrected chi connectivity index (χ4v) is 8.33. The molecule has 1 aromatic rings. The number of rotatable bonds is 3. The van der Waals surface area contributed by atoms with Crippen LogP contribution < -0.4 is 4.74 Å². The normalized spacial score (nSPS) is 34.6. The van der Waals surface area contributed by atoms with Crippen LogP contribution in [0.1, 0.15) is 42.5 Å². The third kappa shape index (κ3) is 3.61. The summed E-state index contributed by atoms with van der Waals surface area (Å²) in [7, 11) is -5.97. The van der Waals surface area contributed by atoms with Gasteiger partial charge in [0.15, 0.2) is 5.75 Å². The summed E-state index contributed by atoms with van der Waals surface area (Å²) in [6.45, 7) is 0. The lowest BCUT2D eigenvalue weighted by Crippen LogP contribution is -2.69. The minimum atomic E-state index is -5.97. The summed E-state index contributed by atoms with van der Waals surface area (Å²) in [6, 6.07) is 1.70. The van der Waals surface area contributed by atoms with Crippen molar-refractivity contribution in [2.75, 3.05) is 0 Å². The van der Waals surface area contributed by atoms with Crippen molar-refractivity contribution in [2.45, 2.75) is 48.7 Å². The Balaban J connectivity index is 1.48. The van der Waals surface area contributed by atoms with E-state index in [9.17, 15) is 26.8 Å². The Morgan fingerprint density at radius 2 is 1.73 bits per heavy atom. The maximum Gasteiger partial charge on any atom is 0.465 e. The average molecular weight is 822 g/mol. The van der Waals surface area contributed by atoms with Crippen LogP contribution in [-0.4, -0.2) is 41.6 Å². The molecule has 4 fully saturated rings. The quantitative estimate of drug-likeness (QED) is 0.207. The van der Waals surface area contributed by atoms with Crippen LogP contribution in [0.5, 0.6) is 5.75 Å². The fourth-order valence-electron chi connectivity index (χ4n) is 5.88. The lowest BCUT2D eigenvalue weighted by atomic mass is 9.51. The van der Waals surface area contributed by atoms with Gasteiger partial charge >= 0.3 is 27.3 Å². The van der Waals surface area contributed by atoms with Crippen molar-refractivity contribution in [1.82, 2.24) is 0 Å². The lowest BCUT2D eigenvalue weighted by molar-refractivity contribution is -0.309. The van der Waals surface area contributed by atoms with Crippen molar-refractivity contribution in [3.8, 4) is 5.75 Å². The molecule has 6 rings (SSSR count). The molecule has 0 radical (unpaired) electrons. The summed E-state index contributed by atoms with van der Waals surface area (Å²) >= 11 is 6.41. The molecule has 2 unspecified atom stereocenters. The van der Waals surface area contributed by atoms with Gasteiger partial charge in [-0.05, 0) is 112 Å². The molecule has 0 amide bonds. The molecule has 1 spiro atoms. The third-order valence-corrected chi connectivity index (χ3v) is 12.9. The van der Waals surface area contributed by atoms with Gasteiger partial charge in [0, 0.05) is 19.0 Å². The van der Waals surface area contributed by atoms with E-state index in [-0.39, 0.29) is 18.8 Å². The number of alkyl halides is 2. The second-order valence-electron chi connectivity index (χ2n) is 8.98. The number of ether oxygens (including phenoxy) is 3. The van der Waals surface area contributed by atoms with Gasteiger partial charge in [-0.3, -0.25) is 4.55 Å². The maximum absolute atomic E-state index is 13.9. The molecular formula is C19H15F2I3O8S. The SMILES string of the molecule is O=C1OC2(Oc3c1cc(I)c(I)c3I)C1CC3CC2CC(OC(=O)C(F)(F)S(=O)(=O)O)(C3)C1. The standard InChI is InChI=1S/C19H15F2I3O8S/c20-19(21,33(27,28)29)16(26)32-17-4-7-1-8(5-17)18(9(2-7)6-17)30-14-10(15(25)31-18)3-11(22)12(23)13(14)24/h3,7-9H,1-2,4-6H2,(H,27,28,29). The van der Waals surface area contributed by atoms with E-state index in [1.165, 1.54) is 0 Å². The Bertz CT molecular complexity index is 1190. The zero-order valence-corrected chi connectivity index (χ0v) is 23.7. The van der Waals surface area contributed by atoms with Gasteiger partial charge in [0.05, 0.1) is 3.57 Å². The molecule has 4 bridgehead atoms. The minimum absolute atomic E-state index is 0.0138. The molecule has 180 valence electrons. The monoisotopic (exact) mass is 822 g/mol.